The number of rotatable bonds is 12. The smallest absolute Gasteiger partial charge is 0.264 e. The first-order valence-electron chi connectivity index (χ1n) is 15.4. The van der Waals surface area contributed by atoms with Crippen molar-refractivity contribution in [1.82, 2.24) is 10.2 Å². The number of nitrogens with one attached hydrogen (secondary N) is 1. The van der Waals surface area contributed by atoms with Crippen LogP contribution in [0.5, 0.6) is 11.5 Å². The summed E-state index contributed by atoms with van der Waals surface area (Å²) in [5, 5.41) is 2.94. The summed E-state index contributed by atoms with van der Waals surface area (Å²) in [6, 6.07) is 24.8. The molecule has 1 N–H and O–H groups in total. The van der Waals surface area contributed by atoms with E-state index in [9.17, 15) is 22.4 Å². The molecule has 4 aromatic rings. The minimum Gasteiger partial charge on any atom is -0.486 e. The lowest BCUT2D eigenvalue weighted by atomic mass is 10.0. The van der Waals surface area contributed by atoms with Crippen LogP contribution in [0.4, 0.5) is 10.1 Å². The fraction of sp³-hybridized carbons (Fsp3) is 0.278. The molecular weight excluding hydrogens is 621 g/mol. The van der Waals surface area contributed by atoms with Gasteiger partial charge in [0.05, 0.1) is 10.6 Å². The maximum Gasteiger partial charge on any atom is 0.264 e. The van der Waals surface area contributed by atoms with Gasteiger partial charge in [0, 0.05) is 25.1 Å². The van der Waals surface area contributed by atoms with Crippen LogP contribution in [0.25, 0.3) is 0 Å². The Kier molecular flexibility index (Phi) is 10.5. The maximum atomic E-state index is 14.5. The molecule has 0 saturated carbocycles. The van der Waals surface area contributed by atoms with Crippen molar-refractivity contribution in [2.24, 2.45) is 0 Å². The highest BCUT2D eigenvalue weighted by Crippen LogP contribution is 2.34. The monoisotopic (exact) mass is 659 g/mol. The Bertz CT molecular complexity index is 1820. The van der Waals surface area contributed by atoms with E-state index in [1.165, 1.54) is 35.2 Å². The van der Waals surface area contributed by atoms with E-state index in [0.717, 1.165) is 33.1 Å². The van der Waals surface area contributed by atoms with E-state index in [0.29, 0.717) is 12.4 Å². The van der Waals surface area contributed by atoms with Crippen LogP contribution < -0.4 is 19.1 Å². The zero-order valence-corrected chi connectivity index (χ0v) is 27.4. The van der Waals surface area contributed by atoms with Crippen LogP contribution in [-0.4, -0.2) is 57.0 Å². The van der Waals surface area contributed by atoms with Gasteiger partial charge in [0.15, 0.2) is 11.5 Å². The molecule has 1 heterocycles. The van der Waals surface area contributed by atoms with Gasteiger partial charge in [-0.2, -0.15) is 0 Å². The van der Waals surface area contributed by atoms with Gasteiger partial charge in [-0.05, 0) is 68.3 Å². The van der Waals surface area contributed by atoms with Gasteiger partial charge >= 0.3 is 0 Å². The van der Waals surface area contributed by atoms with Crippen LogP contribution in [0.3, 0.4) is 0 Å². The molecule has 1 atom stereocenters. The number of carbonyl (C=O) groups is 2. The minimum atomic E-state index is -4.41. The van der Waals surface area contributed by atoms with Crippen molar-refractivity contribution in [3.63, 3.8) is 0 Å². The summed E-state index contributed by atoms with van der Waals surface area (Å²) in [5.74, 6) is -0.878. The summed E-state index contributed by atoms with van der Waals surface area (Å²) >= 11 is 0. The van der Waals surface area contributed by atoms with Gasteiger partial charge in [-0.15, -0.1) is 0 Å². The van der Waals surface area contributed by atoms with Crippen LogP contribution in [0.2, 0.25) is 0 Å². The van der Waals surface area contributed by atoms with E-state index in [1.807, 2.05) is 75.4 Å². The third-order valence-corrected chi connectivity index (χ3v) is 9.40. The second-order valence-corrected chi connectivity index (χ2v) is 13.5. The highest BCUT2D eigenvalue weighted by Gasteiger charge is 2.35. The van der Waals surface area contributed by atoms with Gasteiger partial charge in [0.2, 0.25) is 11.8 Å². The molecule has 0 aliphatic carbocycles. The van der Waals surface area contributed by atoms with Crippen LogP contribution in [-0.2, 0) is 32.6 Å². The van der Waals surface area contributed by atoms with Gasteiger partial charge in [0.1, 0.15) is 31.6 Å². The first-order chi connectivity index (χ1) is 22.5. The normalized spacial score (nSPS) is 13.1. The summed E-state index contributed by atoms with van der Waals surface area (Å²) in [6.07, 6.45) is 0.197. The van der Waals surface area contributed by atoms with Crippen molar-refractivity contribution in [1.29, 1.82) is 0 Å². The Balaban J connectivity index is 1.57. The van der Waals surface area contributed by atoms with Crippen LogP contribution in [0.15, 0.2) is 102 Å². The lowest BCUT2D eigenvalue weighted by Crippen LogP contribution is -2.54. The molecule has 246 valence electrons. The highest BCUT2D eigenvalue weighted by atomic mass is 32.2. The number of benzene rings is 4. The predicted molar refractivity (Wildman–Crippen MR) is 177 cm³/mol. The number of aryl methyl sites for hydroxylation is 1. The van der Waals surface area contributed by atoms with Gasteiger partial charge in [-0.1, -0.05) is 60.2 Å². The van der Waals surface area contributed by atoms with Gasteiger partial charge in [-0.25, -0.2) is 12.8 Å². The highest BCUT2D eigenvalue weighted by molar-refractivity contribution is 7.92. The minimum absolute atomic E-state index is 0.0465. The van der Waals surface area contributed by atoms with Gasteiger partial charge in [0.25, 0.3) is 10.0 Å². The van der Waals surface area contributed by atoms with Gasteiger partial charge in [-0.3, -0.25) is 13.9 Å². The molecule has 1 unspecified atom stereocenters. The first kappa shape index (κ1) is 33.5. The molecule has 0 aromatic heterocycles. The molecule has 1 aliphatic heterocycles. The zero-order valence-electron chi connectivity index (χ0n) is 26.6. The maximum absolute atomic E-state index is 14.5. The molecule has 9 nitrogen and oxygen atoms in total. The average molecular weight is 660 g/mol. The Morgan fingerprint density at radius 1 is 0.851 bits per heavy atom. The Labute approximate surface area is 275 Å². The molecule has 0 saturated heterocycles. The second-order valence-electron chi connectivity index (χ2n) is 11.7. The summed E-state index contributed by atoms with van der Waals surface area (Å²) in [6.45, 7) is 5.57. The number of halogens is 1. The number of sulfonamides is 1. The van der Waals surface area contributed by atoms with E-state index in [2.05, 4.69) is 5.32 Å². The largest absolute Gasteiger partial charge is 0.486 e. The molecule has 11 heteroatoms. The number of carbonyl (C=O) groups excluding carboxylic acids is 2. The molecule has 0 radical (unpaired) electrons. The Morgan fingerprint density at radius 2 is 1.53 bits per heavy atom. The molecule has 0 fully saturated rings. The summed E-state index contributed by atoms with van der Waals surface area (Å²) in [4.78, 5) is 29.6. The second kappa shape index (κ2) is 14.7. The van der Waals surface area contributed by atoms with Crippen LogP contribution in [0.1, 0.15) is 30.5 Å². The van der Waals surface area contributed by atoms with Crippen molar-refractivity contribution in [2.45, 2.75) is 50.7 Å². The molecule has 0 bridgehead atoms. The molecule has 4 aromatic carbocycles. The molecule has 5 rings (SSSR count). The standard InChI is InChI=1S/C36H38FN3O6S/c1-25(2)38-36(42)32(21-27-9-5-4-6-10-27)39(23-28-11-7-8-26(3)20-28)35(41)24-40(30-14-12-29(37)13-15-30)47(43,44)31-16-17-33-34(22-31)46-19-18-45-33/h4-17,20,22,25,32H,18-19,21,23-24H2,1-3H3,(H,38,42). The fourth-order valence-corrected chi connectivity index (χ4v) is 6.82. The average Bonchev–Trinajstić information content (AvgIpc) is 3.05. The number of nitrogens with zero attached hydrogens (tertiary/aromatic N) is 2. The van der Waals surface area contributed by atoms with Crippen LogP contribution >= 0.6 is 0 Å². The molecule has 1 aliphatic rings. The zero-order chi connectivity index (χ0) is 33.6. The van der Waals surface area contributed by atoms with Crippen LogP contribution in [0, 0.1) is 12.7 Å². The molecular formula is C36H38FN3O6S. The van der Waals surface area contributed by atoms with E-state index in [-0.39, 0.29) is 47.9 Å². The van der Waals surface area contributed by atoms with Crippen molar-refractivity contribution in [2.75, 3.05) is 24.1 Å². The predicted octanol–water partition coefficient (Wildman–Crippen LogP) is 5.27. The Morgan fingerprint density at radius 3 is 2.21 bits per heavy atom. The third-order valence-electron chi connectivity index (χ3n) is 7.63. The SMILES string of the molecule is Cc1cccc(CN(C(=O)CN(c2ccc(F)cc2)S(=O)(=O)c2ccc3c(c2)OCCO3)C(Cc2ccccc2)C(=O)NC(C)C)c1. The first-order valence-corrected chi connectivity index (χ1v) is 16.8. The van der Waals surface area contributed by atoms with Crippen molar-refractivity contribution < 1.29 is 31.9 Å². The van der Waals surface area contributed by atoms with E-state index in [1.54, 1.807) is 0 Å². The number of hydrogen-bond acceptors (Lipinski definition) is 6. The lowest BCUT2D eigenvalue weighted by molar-refractivity contribution is -0.140. The molecule has 0 spiro atoms. The lowest BCUT2D eigenvalue weighted by Gasteiger charge is -2.34. The summed E-state index contributed by atoms with van der Waals surface area (Å²) in [5.41, 5.74) is 2.65. The van der Waals surface area contributed by atoms with Crippen molar-refractivity contribution in [3.05, 3.63) is 120 Å². The number of anilines is 1. The Hall–Kier alpha value is -4.90. The summed E-state index contributed by atoms with van der Waals surface area (Å²) in [7, 11) is -4.41. The molecule has 47 heavy (non-hydrogen) atoms. The third kappa shape index (κ3) is 8.28. The fourth-order valence-electron chi connectivity index (χ4n) is 5.39. The topological polar surface area (TPSA) is 105 Å². The van der Waals surface area contributed by atoms with E-state index < -0.39 is 34.3 Å². The van der Waals surface area contributed by atoms with Crippen molar-refractivity contribution in [3.8, 4) is 11.5 Å². The quantitative estimate of drug-likeness (QED) is 0.222. The van der Waals surface area contributed by atoms with E-state index in [4.69, 9.17) is 9.47 Å². The number of amides is 2. The number of hydrogen-bond donors (Lipinski definition) is 1. The summed E-state index contributed by atoms with van der Waals surface area (Å²) < 4.78 is 54.7. The number of ether oxygens (including phenoxy) is 2. The van der Waals surface area contributed by atoms with Crippen molar-refractivity contribution >= 4 is 27.5 Å². The van der Waals surface area contributed by atoms with Gasteiger partial charge < -0.3 is 19.7 Å². The van der Waals surface area contributed by atoms with E-state index >= 15 is 0 Å². The molecule has 2 amide bonds. The number of fused-ring (bicyclic) bond motifs is 1.